The van der Waals surface area contributed by atoms with Crippen LogP contribution in [0, 0.1) is 17.7 Å². The van der Waals surface area contributed by atoms with Gasteiger partial charge in [-0.1, -0.05) is 6.42 Å². The number of rotatable bonds is 4. The smallest absolute Gasteiger partial charge is 0.307 e. The van der Waals surface area contributed by atoms with E-state index in [1.54, 1.807) is 0 Å². The van der Waals surface area contributed by atoms with Crippen molar-refractivity contribution in [2.75, 3.05) is 7.11 Å². The third-order valence-corrected chi connectivity index (χ3v) is 3.60. The molecule has 0 bridgehead atoms. The van der Waals surface area contributed by atoms with Crippen LogP contribution in [0.3, 0.4) is 0 Å². The van der Waals surface area contributed by atoms with Gasteiger partial charge in [0.2, 0.25) is 0 Å². The Kier molecular flexibility index (Phi) is 3.83. The number of hydrogen-bond donors (Lipinski definition) is 1. The molecule has 0 aromatic heterocycles. The van der Waals surface area contributed by atoms with Crippen molar-refractivity contribution in [3.63, 3.8) is 0 Å². The number of carbonyl (C=O) groups excluding carboxylic acids is 1. The second-order valence-electron chi connectivity index (χ2n) is 4.69. The third kappa shape index (κ3) is 2.59. The second-order valence-corrected chi connectivity index (χ2v) is 4.69. The maximum atomic E-state index is 13.3. The van der Waals surface area contributed by atoms with Crippen molar-refractivity contribution in [1.29, 1.82) is 0 Å². The maximum absolute atomic E-state index is 13.3. The summed E-state index contributed by atoms with van der Waals surface area (Å²) < 4.78 is 18.3. The molecule has 0 radical (unpaired) electrons. The van der Waals surface area contributed by atoms with Crippen LogP contribution in [-0.4, -0.2) is 24.0 Å². The first-order chi connectivity index (χ1) is 9.04. The van der Waals surface area contributed by atoms with Crippen LogP contribution in [0.1, 0.15) is 29.6 Å². The highest BCUT2D eigenvalue weighted by Crippen LogP contribution is 2.36. The SMILES string of the molecule is COc1ccc(F)cc1C(=O)C1CCCC1C(=O)O. The third-order valence-electron chi connectivity index (χ3n) is 3.60. The summed E-state index contributed by atoms with van der Waals surface area (Å²) >= 11 is 0. The van der Waals surface area contributed by atoms with Gasteiger partial charge >= 0.3 is 5.97 Å². The molecule has 1 saturated carbocycles. The van der Waals surface area contributed by atoms with E-state index < -0.39 is 23.6 Å². The fourth-order valence-electron chi connectivity index (χ4n) is 2.64. The van der Waals surface area contributed by atoms with Crippen LogP contribution in [0.2, 0.25) is 0 Å². The predicted octanol–water partition coefficient (Wildman–Crippen LogP) is 2.52. The second kappa shape index (κ2) is 5.38. The Balaban J connectivity index is 2.33. The lowest BCUT2D eigenvalue weighted by Gasteiger charge is -2.16. The summed E-state index contributed by atoms with van der Waals surface area (Å²) in [5.74, 6) is -2.84. The Labute approximate surface area is 110 Å². The van der Waals surface area contributed by atoms with E-state index in [4.69, 9.17) is 9.84 Å². The van der Waals surface area contributed by atoms with Crippen LogP contribution < -0.4 is 4.74 Å². The molecule has 2 rings (SSSR count). The number of hydrogen-bond acceptors (Lipinski definition) is 3. The van der Waals surface area contributed by atoms with Gasteiger partial charge in [-0.15, -0.1) is 0 Å². The van der Waals surface area contributed by atoms with Crippen LogP contribution in [0.25, 0.3) is 0 Å². The molecular weight excluding hydrogens is 251 g/mol. The summed E-state index contributed by atoms with van der Waals surface area (Å²) in [4.78, 5) is 23.5. The molecule has 0 saturated heterocycles. The lowest BCUT2D eigenvalue weighted by atomic mass is 9.88. The molecule has 102 valence electrons. The lowest BCUT2D eigenvalue weighted by molar-refractivity contribution is -0.142. The molecule has 19 heavy (non-hydrogen) atoms. The van der Waals surface area contributed by atoms with E-state index >= 15 is 0 Å². The van der Waals surface area contributed by atoms with Crippen LogP contribution in [0.15, 0.2) is 18.2 Å². The van der Waals surface area contributed by atoms with Gasteiger partial charge in [0.15, 0.2) is 5.78 Å². The minimum absolute atomic E-state index is 0.126. The highest BCUT2D eigenvalue weighted by atomic mass is 19.1. The molecule has 0 amide bonds. The van der Waals surface area contributed by atoms with Crippen molar-refractivity contribution in [3.8, 4) is 5.75 Å². The van der Waals surface area contributed by atoms with E-state index in [0.29, 0.717) is 19.3 Å². The zero-order chi connectivity index (χ0) is 14.0. The van der Waals surface area contributed by atoms with Gasteiger partial charge in [-0.3, -0.25) is 9.59 Å². The van der Waals surface area contributed by atoms with Crippen molar-refractivity contribution in [1.82, 2.24) is 0 Å². The summed E-state index contributed by atoms with van der Waals surface area (Å²) in [5.41, 5.74) is 0.126. The van der Waals surface area contributed by atoms with E-state index in [-0.39, 0.29) is 17.1 Å². The van der Waals surface area contributed by atoms with Crippen LogP contribution in [0.5, 0.6) is 5.75 Å². The van der Waals surface area contributed by atoms with E-state index in [2.05, 4.69) is 0 Å². The minimum atomic E-state index is -0.966. The van der Waals surface area contributed by atoms with Gasteiger partial charge in [-0.25, -0.2) is 4.39 Å². The van der Waals surface area contributed by atoms with Crippen molar-refractivity contribution in [3.05, 3.63) is 29.6 Å². The molecule has 0 aliphatic heterocycles. The minimum Gasteiger partial charge on any atom is -0.496 e. The van der Waals surface area contributed by atoms with Crippen molar-refractivity contribution >= 4 is 11.8 Å². The Morgan fingerprint density at radius 3 is 2.63 bits per heavy atom. The highest BCUT2D eigenvalue weighted by Gasteiger charge is 2.38. The summed E-state index contributed by atoms with van der Waals surface area (Å²) in [5, 5.41) is 9.10. The van der Waals surface area contributed by atoms with Crippen molar-refractivity contribution in [2.45, 2.75) is 19.3 Å². The molecule has 2 unspecified atom stereocenters. The number of halogens is 1. The molecule has 1 N–H and O–H groups in total. The van der Waals surface area contributed by atoms with Crippen molar-refractivity contribution < 1.29 is 23.8 Å². The number of carbonyl (C=O) groups is 2. The Bertz CT molecular complexity index is 512. The van der Waals surface area contributed by atoms with E-state index in [0.717, 1.165) is 6.07 Å². The summed E-state index contributed by atoms with van der Waals surface area (Å²) in [7, 11) is 1.40. The largest absolute Gasteiger partial charge is 0.496 e. The van der Waals surface area contributed by atoms with E-state index in [1.165, 1.54) is 19.2 Å². The number of carboxylic acids is 1. The fraction of sp³-hybridized carbons (Fsp3) is 0.429. The number of benzene rings is 1. The quantitative estimate of drug-likeness (QED) is 0.850. The van der Waals surface area contributed by atoms with E-state index in [1.807, 2.05) is 0 Å². The van der Waals surface area contributed by atoms with Crippen LogP contribution >= 0.6 is 0 Å². The Hall–Kier alpha value is -1.91. The zero-order valence-electron chi connectivity index (χ0n) is 10.6. The Morgan fingerprint density at radius 1 is 1.32 bits per heavy atom. The normalized spacial score (nSPS) is 22.2. The topological polar surface area (TPSA) is 63.6 Å². The van der Waals surface area contributed by atoms with Gasteiger partial charge in [-0.2, -0.15) is 0 Å². The summed E-state index contributed by atoms with van der Waals surface area (Å²) in [6, 6.07) is 3.70. The molecular formula is C14H15FO4. The van der Waals surface area contributed by atoms with Gasteiger partial charge in [0.05, 0.1) is 18.6 Å². The predicted molar refractivity (Wildman–Crippen MR) is 65.7 cm³/mol. The van der Waals surface area contributed by atoms with Crippen LogP contribution in [-0.2, 0) is 4.79 Å². The Morgan fingerprint density at radius 2 is 2.00 bits per heavy atom. The van der Waals surface area contributed by atoms with Gasteiger partial charge < -0.3 is 9.84 Å². The number of Topliss-reactive ketones (excluding diaryl/α,β-unsaturated/α-hetero) is 1. The molecule has 4 nitrogen and oxygen atoms in total. The number of carboxylic acid groups (broad SMARTS) is 1. The van der Waals surface area contributed by atoms with Crippen molar-refractivity contribution in [2.24, 2.45) is 11.8 Å². The molecule has 1 aromatic carbocycles. The first kappa shape index (κ1) is 13.5. The molecule has 1 aliphatic rings. The van der Waals surface area contributed by atoms with Crippen LogP contribution in [0.4, 0.5) is 4.39 Å². The molecule has 1 fully saturated rings. The van der Waals surface area contributed by atoms with E-state index in [9.17, 15) is 14.0 Å². The fourth-order valence-corrected chi connectivity index (χ4v) is 2.64. The maximum Gasteiger partial charge on any atom is 0.307 e. The van der Waals surface area contributed by atoms with Gasteiger partial charge in [0, 0.05) is 5.92 Å². The molecule has 5 heteroatoms. The molecule has 2 atom stereocenters. The molecule has 1 aromatic rings. The molecule has 1 aliphatic carbocycles. The number of ketones is 1. The summed E-state index contributed by atoms with van der Waals surface area (Å²) in [6.45, 7) is 0. The highest BCUT2D eigenvalue weighted by molar-refractivity contribution is 6.02. The number of aliphatic carboxylic acids is 1. The summed E-state index contributed by atoms with van der Waals surface area (Å²) in [6.07, 6.45) is 1.71. The number of methoxy groups -OCH3 is 1. The first-order valence-corrected chi connectivity index (χ1v) is 6.15. The zero-order valence-corrected chi connectivity index (χ0v) is 10.6. The monoisotopic (exact) mass is 266 g/mol. The van der Waals surface area contributed by atoms with Gasteiger partial charge in [0.1, 0.15) is 11.6 Å². The van der Waals surface area contributed by atoms with Gasteiger partial charge in [-0.05, 0) is 31.0 Å². The average Bonchev–Trinajstić information content (AvgIpc) is 2.87. The lowest BCUT2D eigenvalue weighted by Crippen LogP contribution is -2.25. The number of ether oxygens (including phenoxy) is 1. The molecule has 0 spiro atoms. The first-order valence-electron chi connectivity index (χ1n) is 6.15. The standard InChI is InChI=1S/C14H15FO4/c1-19-12-6-5-8(15)7-11(12)13(16)9-3-2-4-10(9)14(17)18/h5-7,9-10H,2-4H2,1H3,(H,17,18). The van der Waals surface area contributed by atoms with Gasteiger partial charge in [0.25, 0.3) is 0 Å². The average molecular weight is 266 g/mol. The molecule has 0 heterocycles.